The molecule has 2 rings (SSSR count). The van der Waals surface area contributed by atoms with Gasteiger partial charge in [0.1, 0.15) is 0 Å². The van der Waals surface area contributed by atoms with E-state index >= 15 is 0 Å². The van der Waals surface area contributed by atoms with Crippen molar-refractivity contribution in [2.24, 2.45) is 23.7 Å². The van der Waals surface area contributed by atoms with Gasteiger partial charge >= 0.3 is 0 Å². The van der Waals surface area contributed by atoms with Crippen LogP contribution in [0.4, 0.5) is 0 Å². The fourth-order valence-corrected chi connectivity index (χ4v) is 4.87. The zero-order chi connectivity index (χ0) is 24.4. The van der Waals surface area contributed by atoms with Gasteiger partial charge < -0.3 is 0 Å². The summed E-state index contributed by atoms with van der Waals surface area (Å²) in [6.07, 6.45) is 15.6. The van der Waals surface area contributed by atoms with Crippen LogP contribution in [0.3, 0.4) is 0 Å². The van der Waals surface area contributed by atoms with Gasteiger partial charge in [-0.2, -0.15) is 0 Å². The molecule has 0 amide bonds. The van der Waals surface area contributed by atoms with E-state index in [2.05, 4.69) is 40.7 Å². The molecule has 3 atom stereocenters. The zero-order valence-corrected chi connectivity index (χ0v) is 22.0. The first-order valence-electron chi connectivity index (χ1n) is 13.3. The van der Waals surface area contributed by atoms with Crippen LogP contribution in [0.2, 0.25) is 0 Å². The van der Waals surface area contributed by atoms with Crippen molar-refractivity contribution in [1.29, 1.82) is 0 Å². The summed E-state index contributed by atoms with van der Waals surface area (Å²) in [5.74, 6) is 2.13. The molecular weight excluding hydrogens is 404 g/mol. The van der Waals surface area contributed by atoms with E-state index in [4.69, 9.17) is 0 Å². The summed E-state index contributed by atoms with van der Waals surface area (Å²) in [5.41, 5.74) is 3.00. The summed E-state index contributed by atoms with van der Waals surface area (Å²) in [6, 6.07) is 7.18. The number of hydrogen-bond donors (Lipinski definition) is 0. The Balaban J connectivity index is 1.74. The third-order valence-electron chi connectivity index (χ3n) is 7.25. The molecular formula is C31H46O2. The number of rotatable bonds is 13. The lowest BCUT2D eigenvalue weighted by molar-refractivity contribution is 0.0891. The van der Waals surface area contributed by atoms with Crippen LogP contribution in [-0.4, -0.2) is 11.6 Å². The van der Waals surface area contributed by atoms with Crippen molar-refractivity contribution in [2.45, 2.75) is 99.3 Å². The molecule has 0 bridgehead atoms. The predicted octanol–water partition coefficient (Wildman–Crippen LogP) is 9.01. The van der Waals surface area contributed by atoms with Gasteiger partial charge in [-0.25, -0.2) is 0 Å². The Morgan fingerprint density at radius 3 is 2.00 bits per heavy atom. The van der Waals surface area contributed by atoms with E-state index in [1.165, 1.54) is 56.9 Å². The molecule has 3 unspecified atom stereocenters. The summed E-state index contributed by atoms with van der Waals surface area (Å²) in [6.45, 7) is 13.4. The molecule has 2 heteroatoms. The lowest BCUT2D eigenvalue weighted by atomic mass is 9.79. The van der Waals surface area contributed by atoms with Gasteiger partial charge in [-0.05, 0) is 37.5 Å². The van der Waals surface area contributed by atoms with Gasteiger partial charge in [-0.3, -0.25) is 9.59 Å². The van der Waals surface area contributed by atoms with Crippen LogP contribution in [0.1, 0.15) is 120 Å². The molecule has 0 saturated heterocycles. The van der Waals surface area contributed by atoms with E-state index in [0.29, 0.717) is 16.7 Å². The summed E-state index contributed by atoms with van der Waals surface area (Å²) in [5, 5.41) is 0. The Hall–Kier alpha value is -1.96. The van der Waals surface area contributed by atoms with Crippen molar-refractivity contribution in [3.63, 3.8) is 0 Å². The first kappa shape index (κ1) is 27.3. The fourth-order valence-electron chi connectivity index (χ4n) is 4.87. The minimum absolute atomic E-state index is 0.00573. The Bertz CT molecular complexity index is 842. The SMILES string of the molecule is C/C(=C\C=C1\C(=O)c2ccccc2C(=O)C1C)CCCC(C)CCCC(C)CCCC(C)C. The molecule has 0 aliphatic heterocycles. The van der Waals surface area contributed by atoms with E-state index in [1.54, 1.807) is 12.1 Å². The van der Waals surface area contributed by atoms with Gasteiger partial charge in [0.05, 0.1) is 0 Å². The number of hydrogen-bond acceptors (Lipinski definition) is 2. The predicted molar refractivity (Wildman–Crippen MR) is 141 cm³/mol. The van der Waals surface area contributed by atoms with Crippen LogP contribution in [0.15, 0.2) is 47.6 Å². The van der Waals surface area contributed by atoms with Gasteiger partial charge in [0.2, 0.25) is 0 Å². The van der Waals surface area contributed by atoms with Crippen molar-refractivity contribution in [1.82, 2.24) is 0 Å². The summed E-state index contributed by atoms with van der Waals surface area (Å²) in [4.78, 5) is 25.5. The molecule has 1 aliphatic carbocycles. The van der Waals surface area contributed by atoms with Gasteiger partial charge in [0.15, 0.2) is 11.6 Å². The van der Waals surface area contributed by atoms with Crippen molar-refractivity contribution in [2.75, 3.05) is 0 Å². The monoisotopic (exact) mass is 450 g/mol. The molecule has 0 aromatic heterocycles. The molecule has 0 spiro atoms. The number of fused-ring (bicyclic) bond motifs is 1. The molecule has 0 radical (unpaired) electrons. The third-order valence-corrected chi connectivity index (χ3v) is 7.25. The Labute approximate surface area is 202 Å². The van der Waals surface area contributed by atoms with Crippen LogP contribution in [0.5, 0.6) is 0 Å². The molecule has 2 nitrogen and oxygen atoms in total. The standard InChI is InChI=1S/C31H46O2/c1-22(2)12-9-13-23(3)14-10-15-24(4)16-11-17-25(5)20-21-27-26(6)30(32)28-18-7-8-19-29(28)31(27)33/h7-8,18-24,26H,9-17H2,1-6H3/b25-20+,27-21+. The lowest BCUT2D eigenvalue weighted by Gasteiger charge is -2.22. The fraction of sp³-hybridized carbons (Fsp3) is 0.613. The highest BCUT2D eigenvalue weighted by atomic mass is 16.1. The molecule has 1 aromatic carbocycles. The highest BCUT2D eigenvalue weighted by Crippen LogP contribution is 2.30. The Morgan fingerprint density at radius 1 is 0.848 bits per heavy atom. The van der Waals surface area contributed by atoms with Crippen molar-refractivity contribution in [3.05, 3.63) is 58.7 Å². The maximum Gasteiger partial charge on any atom is 0.190 e. The molecule has 1 aliphatic rings. The second-order valence-electron chi connectivity index (χ2n) is 11.0. The number of Topliss-reactive ketones (excluding diaryl/α,β-unsaturated/α-hetero) is 2. The molecule has 0 fully saturated rings. The van der Waals surface area contributed by atoms with Gasteiger partial charge in [-0.15, -0.1) is 0 Å². The topological polar surface area (TPSA) is 34.1 Å². The number of benzene rings is 1. The van der Waals surface area contributed by atoms with E-state index in [-0.39, 0.29) is 17.5 Å². The molecule has 33 heavy (non-hydrogen) atoms. The van der Waals surface area contributed by atoms with E-state index in [0.717, 1.165) is 24.2 Å². The van der Waals surface area contributed by atoms with E-state index < -0.39 is 0 Å². The molecule has 182 valence electrons. The third kappa shape index (κ3) is 8.72. The van der Waals surface area contributed by atoms with E-state index in [9.17, 15) is 9.59 Å². The quantitative estimate of drug-likeness (QED) is 0.281. The second-order valence-corrected chi connectivity index (χ2v) is 11.0. The molecule has 0 heterocycles. The normalized spacial score (nSPS) is 19.8. The van der Waals surface area contributed by atoms with Crippen molar-refractivity contribution < 1.29 is 9.59 Å². The number of allylic oxidation sites excluding steroid dienone is 4. The number of carbonyl (C=O) groups excluding carboxylic acids is 2. The highest BCUT2D eigenvalue weighted by molar-refractivity contribution is 6.23. The van der Waals surface area contributed by atoms with Crippen molar-refractivity contribution in [3.8, 4) is 0 Å². The molecule has 0 N–H and O–H groups in total. The smallest absolute Gasteiger partial charge is 0.190 e. The van der Waals surface area contributed by atoms with Gasteiger partial charge in [0.25, 0.3) is 0 Å². The van der Waals surface area contributed by atoms with Crippen LogP contribution in [0, 0.1) is 23.7 Å². The summed E-state index contributed by atoms with van der Waals surface area (Å²) >= 11 is 0. The zero-order valence-electron chi connectivity index (χ0n) is 22.0. The maximum absolute atomic E-state index is 12.9. The first-order valence-corrected chi connectivity index (χ1v) is 13.3. The number of ketones is 2. The maximum atomic E-state index is 12.9. The van der Waals surface area contributed by atoms with E-state index in [1.807, 2.05) is 25.1 Å². The summed E-state index contributed by atoms with van der Waals surface area (Å²) < 4.78 is 0. The van der Waals surface area contributed by atoms with Gasteiger partial charge in [0, 0.05) is 22.6 Å². The van der Waals surface area contributed by atoms with Crippen molar-refractivity contribution >= 4 is 11.6 Å². The average Bonchev–Trinajstić information content (AvgIpc) is 2.77. The largest absolute Gasteiger partial charge is 0.293 e. The summed E-state index contributed by atoms with van der Waals surface area (Å²) in [7, 11) is 0. The first-order chi connectivity index (χ1) is 15.7. The number of carbonyl (C=O) groups is 2. The minimum Gasteiger partial charge on any atom is -0.293 e. The Morgan fingerprint density at radius 2 is 1.39 bits per heavy atom. The highest BCUT2D eigenvalue weighted by Gasteiger charge is 2.33. The second kappa shape index (κ2) is 13.7. The van der Waals surface area contributed by atoms with Gasteiger partial charge in [-0.1, -0.05) is 122 Å². The van der Waals surface area contributed by atoms with Crippen LogP contribution >= 0.6 is 0 Å². The molecule has 0 saturated carbocycles. The minimum atomic E-state index is -0.371. The average molecular weight is 451 g/mol. The lowest BCUT2D eigenvalue weighted by Crippen LogP contribution is -2.27. The van der Waals surface area contributed by atoms with Crippen LogP contribution in [-0.2, 0) is 0 Å². The molecule has 1 aromatic rings. The van der Waals surface area contributed by atoms with Crippen LogP contribution < -0.4 is 0 Å². The Kier molecular flexibility index (Phi) is 11.3. The van der Waals surface area contributed by atoms with Crippen LogP contribution in [0.25, 0.3) is 0 Å².